The predicted molar refractivity (Wildman–Crippen MR) is 66.6 cm³/mol. The third-order valence-electron chi connectivity index (χ3n) is 2.18. The second-order valence-corrected chi connectivity index (χ2v) is 4.45. The molecule has 102 valence electrons. The molecule has 0 bridgehead atoms. The molecule has 0 fully saturated rings. The maximum absolute atomic E-state index is 10.4. The predicted octanol–water partition coefficient (Wildman–Crippen LogP) is -0.474. The lowest BCUT2D eigenvalue weighted by molar-refractivity contribution is -0.122. The molecule has 1 heterocycles. The van der Waals surface area contributed by atoms with E-state index in [2.05, 4.69) is 29.2 Å². The van der Waals surface area contributed by atoms with E-state index in [-0.39, 0.29) is 6.61 Å². The first-order valence-corrected chi connectivity index (χ1v) is 6.03. The number of ether oxygens (including phenoxy) is 1. The van der Waals surface area contributed by atoms with Gasteiger partial charge in [-0.3, -0.25) is 4.79 Å². The average Bonchev–Trinajstić information content (AvgIpc) is 2.69. The van der Waals surface area contributed by atoms with Crippen LogP contribution in [0, 0.1) is 5.92 Å². The SMILES string of the molecule is CC(C)Cn1ncnc1CNCCOCC(N)=O. The molecule has 1 aromatic rings. The molecule has 1 amide bonds. The first kappa shape index (κ1) is 14.6. The number of carbonyl (C=O) groups is 1. The molecule has 7 nitrogen and oxygen atoms in total. The number of aromatic nitrogens is 3. The van der Waals surface area contributed by atoms with E-state index in [1.54, 1.807) is 6.33 Å². The van der Waals surface area contributed by atoms with E-state index in [1.165, 1.54) is 0 Å². The van der Waals surface area contributed by atoms with Crippen molar-refractivity contribution in [1.29, 1.82) is 0 Å². The van der Waals surface area contributed by atoms with Crippen LogP contribution in [0.2, 0.25) is 0 Å². The number of carbonyl (C=O) groups excluding carboxylic acids is 1. The van der Waals surface area contributed by atoms with Gasteiger partial charge >= 0.3 is 0 Å². The van der Waals surface area contributed by atoms with Gasteiger partial charge in [-0.1, -0.05) is 13.8 Å². The van der Waals surface area contributed by atoms with E-state index in [9.17, 15) is 4.79 Å². The summed E-state index contributed by atoms with van der Waals surface area (Å²) in [6, 6.07) is 0. The van der Waals surface area contributed by atoms with Gasteiger partial charge in [0.15, 0.2) is 0 Å². The van der Waals surface area contributed by atoms with E-state index in [0.717, 1.165) is 12.4 Å². The molecular weight excluding hydrogens is 234 g/mol. The molecule has 18 heavy (non-hydrogen) atoms. The van der Waals surface area contributed by atoms with Crippen LogP contribution in [-0.2, 0) is 22.6 Å². The minimum Gasteiger partial charge on any atom is -0.370 e. The summed E-state index contributed by atoms with van der Waals surface area (Å²) >= 11 is 0. The summed E-state index contributed by atoms with van der Waals surface area (Å²) in [6.45, 7) is 6.81. The Kier molecular flexibility index (Phi) is 6.31. The fraction of sp³-hybridized carbons (Fsp3) is 0.727. The Morgan fingerprint density at radius 2 is 2.39 bits per heavy atom. The normalized spacial score (nSPS) is 11.1. The van der Waals surface area contributed by atoms with Crippen LogP contribution in [0.5, 0.6) is 0 Å². The third kappa shape index (κ3) is 5.74. The lowest BCUT2D eigenvalue weighted by Crippen LogP contribution is -2.25. The molecule has 0 aromatic carbocycles. The van der Waals surface area contributed by atoms with Crippen molar-refractivity contribution in [3.05, 3.63) is 12.2 Å². The second-order valence-electron chi connectivity index (χ2n) is 4.45. The summed E-state index contributed by atoms with van der Waals surface area (Å²) in [6.07, 6.45) is 1.56. The van der Waals surface area contributed by atoms with Gasteiger partial charge in [-0.2, -0.15) is 5.10 Å². The van der Waals surface area contributed by atoms with Crippen molar-refractivity contribution in [2.24, 2.45) is 11.7 Å². The maximum atomic E-state index is 10.4. The molecule has 0 unspecified atom stereocenters. The Hall–Kier alpha value is -1.47. The van der Waals surface area contributed by atoms with Crippen molar-refractivity contribution in [3.63, 3.8) is 0 Å². The Bertz CT molecular complexity index is 364. The van der Waals surface area contributed by atoms with Gasteiger partial charge in [0.05, 0.1) is 13.2 Å². The zero-order chi connectivity index (χ0) is 13.4. The van der Waals surface area contributed by atoms with Crippen LogP contribution in [0.4, 0.5) is 0 Å². The molecule has 0 radical (unpaired) electrons. The number of rotatable bonds is 9. The van der Waals surface area contributed by atoms with Gasteiger partial charge in [0.25, 0.3) is 0 Å². The number of hydrogen-bond acceptors (Lipinski definition) is 5. The number of amides is 1. The molecule has 0 atom stereocenters. The number of nitrogens with one attached hydrogen (secondary N) is 1. The van der Waals surface area contributed by atoms with Crippen LogP contribution in [0.1, 0.15) is 19.7 Å². The Balaban J connectivity index is 2.19. The van der Waals surface area contributed by atoms with E-state index >= 15 is 0 Å². The highest BCUT2D eigenvalue weighted by Crippen LogP contribution is 2.00. The Morgan fingerprint density at radius 3 is 3.06 bits per heavy atom. The zero-order valence-corrected chi connectivity index (χ0v) is 10.9. The van der Waals surface area contributed by atoms with Crippen LogP contribution in [0.15, 0.2) is 6.33 Å². The van der Waals surface area contributed by atoms with Gasteiger partial charge < -0.3 is 15.8 Å². The molecule has 7 heteroatoms. The molecule has 0 aliphatic heterocycles. The molecule has 1 rings (SSSR count). The van der Waals surface area contributed by atoms with Crippen LogP contribution in [0.25, 0.3) is 0 Å². The second kappa shape index (κ2) is 7.78. The first-order chi connectivity index (χ1) is 8.59. The Morgan fingerprint density at radius 1 is 1.61 bits per heavy atom. The van der Waals surface area contributed by atoms with Crippen LogP contribution >= 0.6 is 0 Å². The molecule has 0 aliphatic carbocycles. The number of nitrogens with zero attached hydrogens (tertiary/aromatic N) is 3. The molecule has 0 saturated carbocycles. The summed E-state index contributed by atoms with van der Waals surface area (Å²) in [5.74, 6) is 0.981. The van der Waals surface area contributed by atoms with Crippen molar-refractivity contribution in [2.75, 3.05) is 19.8 Å². The summed E-state index contributed by atoms with van der Waals surface area (Å²) in [4.78, 5) is 14.6. The minimum atomic E-state index is -0.452. The first-order valence-electron chi connectivity index (χ1n) is 6.03. The lowest BCUT2D eigenvalue weighted by atomic mass is 10.2. The summed E-state index contributed by atoms with van der Waals surface area (Å²) in [5.41, 5.74) is 4.94. The number of hydrogen-bond donors (Lipinski definition) is 2. The number of nitrogens with two attached hydrogens (primary N) is 1. The standard InChI is InChI=1S/C11H21N5O2/c1-9(2)6-16-11(14-8-15-16)5-13-3-4-18-7-10(12)17/h8-9,13H,3-7H2,1-2H3,(H2,12,17). The molecule has 0 spiro atoms. The van der Waals surface area contributed by atoms with Crippen LogP contribution < -0.4 is 11.1 Å². The van der Waals surface area contributed by atoms with Gasteiger partial charge in [-0.25, -0.2) is 9.67 Å². The van der Waals surface area contributed by atoms with E-state index < -0.39 is 5.91 Å². The lowest BCUT2D eigenvalue weighted by Gasteiger charge is -2.09. The summed E-state index contributed by atoms with van der Waals surface area (Å²) in [5, 5.41) is 7.34. The quantitative estimate of drug-likeness (QED) is 0.581. The van der Waals surface area contributed by atoms with E-state index in [4.69, 9.17) is 10.5 Å². The van der Waals surface area contributed by atoms with E-state index in [1.807, 2.05) is 4.68 Å². The smallest absolute Gasteiger partial charge is 0.243 e. The van der Waals surface area contributed by atoms with Crippen molar-refractivity contribution in [3.8, 4) is 0 Å². The zero-order valence-electron chi connectivity index (χ0n) is 10.9. The molecule has 3 N–H and O–H groups in total. The highest BCUT2D eigenvalue weighted by atomic mass is 16.5. The largest absolute Gasteiger partial charge is 0.370 e. The monoisotopic (exact) mass is 255 g/mol. The average molecular weight is 255 g/mol. The van der Waals surface area contributed by atoms with Crippen molar-refractivity contribution in [1.82, 2.24) is 20.1 Å². The van der Waals surface area contributed by atoms with Crippen molar-refractivity contribution >= 4 is 5.91 Å². The highest BCUT2D eigenvalue weighted by Gasteiger charge is 2.05. The summed E-state index contributed by atoms with van der Waals surface area (Å²) < 4.78 is 6.92. The van der Waals surface area contributed by atoms with Crippen molar-refractivity contribution < 1.29 is 9.53 Å². The molecule has 1 aromatic heterocycles. The van der Waals surface area contributed by atoms with Crippen LogP contribution in [-0.4, -0.2) is 40.4 Å². The third-order valence-corrected chi connectivity index (χ3v) is 2.18. The van der Waals surface area contributed by atoms with Crippen LogP contribution in [0.3, 0.4) is 0 Å². The van der Waals surface area contributed by atoms with Gasteiger partial charge in [0, 0.05) is 13.1 Å². The topological polar surface area (TPSA) is 95.1 Å². The maximum Gasteiger partial charge on any atom is 0.243 e. The van der Waals surface area contributed by atoms with Crippen molar-refractivity contribution in [2.45, 2.75) is 26.9 Å². The summed E-state index contributed by atoms with van der Waals surface area (Å²) in [7, 11) is 0. The molecule has 0 aliphatic rings. The molecule has 0 saturated heterocycles. The fourth-order valence-corrected chi connectivity index (χ4v) is 1.44. The fourth-order valence-electron chi connectivity index (χ4n) is 1.44. The van der Waals surface area contributed by atoms with Gasteiger partial charge in [-0.05, 0) is 5.92 Å². The number of primary amides is 1. The Labute approximate surface area is 107 Å². The highest BCUT2D eigenvalue weighted by molar-refractivity contribution is 5.74. The van der Waals surface area contributed by atoms with E-state index in [0.29, 0.717) is 25.6 Å². The molecular formula is C11H21N5O2. The minimum absolute atomic E-state index is 0.0365. The van der Waals surface area contributed by atoms with Gasteiger partial charge in [0.2, 0.25) is 5.91 Å². The van der Waals surface area contributed by atoms with Gasteiger partial charge in [-0.15, -0.1) is 0 Å². The van der Waals surface area contributed by atoms with Gasteiger partial charge in [0.1, 0.15) is 18.8 Å².